The monoisotopic (exact) mass is 2020 g/mol. The van der Waals surface area contributed by atoms with E-state index >= 15 is 4.79 Å². The molecule has 0 spiro atoms. The van der Waals surface area contributed by atoms with Gasteiger partial charge in [0.2, 0.25) is 18.5 Å². The van der Waals surface area contributed by atoms with Gasteiger partial charge in [0.05, 0.1) is 75.8 Å². The number of aliphatic hydroxyl groups excluding tert-OH is 21. The van der Waals surface area contributed by atoms with Crippen LogP contribution in [0.4, 0.5) is 0 Å². The van der Waals surface area contributed by atoms with E-state index in [0.717, 1.165) is 10.5 Å². The molecule has 3 amide bonds. The van der Waals surface area contributed by atoms with Crippen LogP contribution in [0.2, 0.25) is 0 Å². The Kier molecular flexibility index (Phi) is 34.4. The van der Waals surface area contributed by atoms with Gasteiger partial charge in [-0.3, -0.25) is 28.9 Å². The maximum absolute atomic E-state index is 16.6. The number of aliphatic hydroxyl groups is 21. The molecule has 9 saturated heterocycles. The van der Waals surface area contributed by atoms with Crippen LogP contribution in [-0.4, -0.2) is 446 Å². The number of hydrogen-bond acceptors (Lipinski definition) is 46. The molecule has 45 unspecified atom stereocenters. The average molecular weight is 2030 g/mol. The lowest BCUT2D eigenvalue weighted by molar-refractivity contribution is -0.410. The Balaban J connectivity index is 0.725. The molecule has 0 bridgehead atoms. The molecule has 10 aliphatic heterocycles. The Morgan fingerprint density at radius 1 is 0.461 bits per heavy atom. The van der Waals surface area contributed by atoms with E-state index in [1.807, 2.05) is 6.92 Å². The highest BCUT2D eigenvalue weighted by atomic mass is 16.8. The molecule has 802 valence electrons. The van der Waals surface area contributed by atoms with Gasteiger partial charge in [-0.15, -0.1) is 0 Å². The lowest BCUT2D eigenvalue weighted by Crippen LogP contribution is -2.69. The normalized spacial score (nSPS) is 51.2. The van der Waals surface area contributed by atoms with Crippen molar-refractivity contribution in [2.45, 2.75) is 418 Å². The zero-order valence-electron chi connectivity index (χ0n) is 80.5. The number of imide groups is 1. The minimum absolute atomic E-state index is 0.0284. The zero-order chi connectivity index (χ0) is 102. The smallest absolute Gasteiger partial charge is 0.317 e. The molecule has 5 aliphatic carbocycles. The first-order valence-corrected chi connectivity index (χ1v) is 49.1. The summed E-state index contributed by atoms with van der Waals surface area (Å²) in [5.41, 5.74) is -2.58. The summed E-state index contributed by atoms with van der Waals surface area (Å²) in [4.78, 5) is 68.8. The fraction of sp³-hybridized carbons (Fsp3) is 0.892. The van der Waals surface area contributed by atoms with Gasteiger partial charge in [0.25, 0.3) is 18.3 Å². The number of nitrogens with zero attached hydrogens (tertiary/aromatic N) is 2. The summed E-state index contributed by atoms with van der Waals surface area (Å²) >= 11 is 0. The highest BCUT2D eigenvalue weighted by Gasteiger charge is 2.74. The van der Waals surface area contributed by atoms with Crippen molar-refractivity contribution in [2.75, 3.05) is 39.6 Å². The molecule has 48 heteroatoms. The van der Waals surface area contributed by atoms with Gasteiger partial charge in [0, 0.05) is 48.6 Å². The summed E-state index contributed by atoms with van der Waals surface area (Å²) < 4.78 is 118. The van der Waals surface area contributed by atoms with Gasteiger partial charge < -0.3 is 197 Å². The second-order valence-corrected chi connectivity index (χ2v) is 42.9. The summed E-state index contributed by atoms with van der Waals surface area (Å²) in [5, 5.41) is 242. The van der Waals surface area contributed by atoms with E-state index in [1.165, 1.54) is 32.9 Å². The predicted molar refractivity (Wildman–Crippen MR) is 467 cm³/mol. The number of ether oxygens (including phenoxy) is 19. The topological polar surface area (TPSA) is 713 Å². The maximum Gasteiger partial charge on any atom is 0.317 e. The molecule has 48 nitrogen and oxygen atoms in total. The van der Waals surface area contributed by atoms with E-state index in [1.54, 1.807) is 20.1 Å². The van der Waals surface area contributed by atoms with Crippen LogP contribution in [0.5, 0.6) is 0 Å². The second kappa shape index (κ2) is 44.0. The van der Waals surface area contributed by atoms with Crippen molar-refractivity contribution < 1.29 is 221 Å². The Labute approximate surface area is 813 Å². The van der Waals surface area contributed by atoms with Gasteiger partial charge in [0.15, 0.2) is 56.4 Å². The SMILES string of the molecule is CC1OC(OC2C(C)OC(OC(=O)[C@]34CCC(C)(C)CC3C3=CCC5[C@@]6(C)CC[C@H](OC7OC(OC=O)C(O)C(OC8OCC(O)C(O)C8O)C7OC7OC(CO)C(O)C(O)C7O)[C@@](C)(/C=N/NC(=O)CCCCCN7C(=O)C=CC7=O)C6CC[C@@]5(C)[C@]3(C)C[C@H]4O)C(OC3OC(C)C(OC4OCC(O)C(OC5OC(CO)C(O)C(O)C5O)C4O)C(O)C3C)C2O)C(O)C(OC2OCC(O)C(O)C2O)C1C. The molecule has 0 radical (unpaired) electrons. The van der Waals surface area contributed by atoms with Crippen LogP contribution in [0.3, 0.4) is 0 Å². The third kappa shape index (κ3) is 21.0. The molecular formula is C93H145N3O45. The Morgan fingerprint density at radius 2 is 0.972 bits per heavy atom. The fourth-order valence-corrected chi connectivity index (χ4v) is 24.9. The minimum atomic E-state index is -2.12. The number of amides is 3. The first kappa shape index (κ1) is 110. The summed E-state index contributed by atoms with van der Waals surface area (Å²) in [7, 11) is 0. The second-order valence-electron chi connectivity index (χ2n) is 42.9. The third-order valence-corrected chi connectivity index (χ3v) is 33.8. The maximum atomic E-state index is 16.6. The van der Waals surface area contributed by atoms with E-state index in [9.17, 15) is 126 Å². The van der Waals surface area contributed by atoms with Crippen molar-refractivity contribution in [1.29, 1.82) is 0 Å². The van der Waals surface area contributed by atoms with Crippen molar-refractivity contribution in [3.63, 3.8) is 0 Å². The lowest BCUT2D eigenvalue weighted by Gasteiger charge is -2.71. The molecule has 0 aromatic carbocycles. The number of esters is 1. The highest BCUT2D eigenvalue weighted by Crippen LogP contribution is 2.76. The standard InChI is InChI=1S/C93H145N3O45/c1-36-38(3)127-84(67(119)70(36)133-78-62(114)56(108)43(100)31-123-78)135-72-40(5)129-85(75(66(72)118)138-77-37(2)55(107)71(39(4)128-77)134-80-68(120)73(45(102)33-125-80)136-82-64(116)60(112)58(110)46(29-97)130-82)141-87(122)93-25-24-88(6,7)27-42(93)41-16-17-49-89(8)22-21-51(90(9,48(89)20-23-91(49,10)92(41,11)28-50(93)103)34-94-95-52(104)15-13-12-14-26-96-53(105)18-19-54(96)106)132-86-76(139-83-65(117)61(113)59(111)47(30-98)131-83)74(69(121)81(140-86)126-35-99)137-79-63(115)57(109)44(101)32-124-79/h16,18-19,34-40,42-51,55-86,97-98,100-103,107-121H,12-15,17,20-33H2,1-11H3,(H,95,104)/b94-34+/t36?,37?,38?,39?,40?,42?,43?,44?,45?,46?,47?,48?,49?,50-,51+,55?,56?,57?,58?,59?,60?,61?,62?,63?,64?,65?,66?,67?,68?,69?,70?,71?,72?,73?,74?,75?,76?,77?,78?,79?,80?,81?,82?,83?,84?,85?,86?,89+,90+,91-,92-,93-/m1/s1. The van der Waals surface area contributed by atoms with Crippen LogP contribution >= 0.6 is 0 Å². The quantitative estimate of drug-likeness (QED) is 0.00465. The number of carbonyl (C=O) groups is 5. The molecule has 0 aromatic heterocycles. The Morgan fingerprint density at radius 3 is 1.57 bits per heavy atom. The van der Waals surface area contributed by atoms with Gasteiger partial charge in [-0.25, -0.2) is 5.43 Å². The Bertz CT molecular complexity index is 4340. The molecule has 15 aliphatic rings. The number of rotatable bonds is 30. The predicted octanol–water partition coefficient (Wildman–Crippen LogP) is -6.69. The summed E-state index contributed by atoms with van der Waals surface area (Å²) in [5.74, 6) is -5.81. The first-order chi connectivity index (χ1) is 66.5. The van der Waals surface area contributed by atoms with E-state index < -0.39 is 371 Å². The highest BCUT2D eigenvalue weighted by molar-refractivity contribution is 6.12. The Hall–Kier alpha value is -4.82. The molecule has 15 rings (SSSR count). The van der Waals surface area contributed by atoms with Gasteiger partial charge in [-0.2, -0.15) is 5.10 Å². The van der Waals surface area contributed by atoms with Crippen molar-refractivity contribution >= 4 is 36.4 Å². The van der Waals surface area contributed by atoms with Crippen LogP contribution in [0.25, 0.3) is 0 Å². The van der Waals surface area contributed by atoms with Crippen molar-refractivity contribution in [3.8, 4) is 0 Å². The number of hydrazone groups is 1. The molecule has 141 heavy (non-hydrogen) atoms. The van der Waals surface area contributed by atoms with E-state index in [4.69, 9.17) is 90.0 Å². The van der Waals surface area contributed by atoms with Gasteiger partial charge in [-0.1, -0.05) is 73.5 Å². The van der Waals surface area contributed by atoms with Crippen LogP contribution < -0.4 is 5.43 Å². The number of hydrogen-bond donors (Lipinski definition) is 22. The molecule has 22 N–H and O–H groups in total. The molecule has 52 atom stereocenters. The number of nitrogens with one attached hydrogen (secondary N) is 1. The van der Waals surface area contributed by atoms with Gasteiger partial charge >= 0.3 is 5.97 Å². The molecule has 4 saturated carbocycles. The fourth-order valence-electron chi connectivity index (χ4n) is 24.9. The van der Waals surface area contributed by atoms with Crippen molar-refractivity contribution in [1.82, 2.24) is 10.3 Å². The van der Waals surface area contributed by atoms with Crippen LogP contribution in [0.15, 0.2) is 28.9 Å². The van der Waals surface area contributed by atoms with Crippen molar-refractivity contribution in [3.05, 3.63) is 23.8 Å². The largest absolute Gasteiger partial charge is 0.435 e. The van der Waals surface area contributed by atoms with Gasteiger partial charge in [0.1, 0.15) is 152 Å². The lowest BCUT2D eigenvalue weighted by atomic mass is 9.33. The molecule has 0 aromatic rings. The van der Waals surface area contributed by atoms with Crippen LogP contribution in [0.1, 0.15) is 160 Å². The van der Waals surface area contributed by atoms with Crippen LogP contribution in [-0.2, 0) is 114 Å². The molecule has 10 heterocycles. The zero-order valence-corrected chi connectivity index (χ0v) is 80.5. The molecule has 13 fully saturated rings. The van der Waals surface area contributed by atoms with E-state index in [0.29, 0.717) is 57.8 Å². The van der Waals surface area contributed by atoms with E-state index in [-0.39, 0.29) is 44.6 Å². The van der Waals surface area contributed by atoms with Crippen LogP contribution in [0, 0.1) is 62.1 Å². The minimum Gasteiger partial charge on any atom is -0.435 e. The number of fused-ring (bicyclic) bond motifs is 7. The number of carbonyl (C=O) groups excluding carboxylic acids is 5. The average Bonchev–Trinajstić information content (AvgIpc) is 0.701. The summed E-state index contributed by atoms with van der Waals surface area (Å²) in [6.45, 7) is 16.9. The van der Waals surface area contributed by atoms with Crippen molar-refractivity contribution in [2.24, 2.45) is 67.2 Å². The molecular weight excluding hydrogens is 1880 g/mol. The number of allylic oxidation sites excluding steroid dienone is 2. The first-order valence-electron chi connectivity index (χ1n) is 49.1. The summed E-state index contributed by atoms with van der Waals surface area (Å²) in [6.07, 6.45) is -62.6. The van der Waals surface area contributed by atoms with Gasteiger partial charge in [-0.05, 0) is 131 Å². The third-order valence-electron chi connectivity index (χ3n) is 33.8. The number of unbranched alkanes of at least 4 members (excludes halogenated alkanes) is 2. The summed E-state index contributed by atoms with van der Waals surface area (Å²) in [6, 6.07) is 0. The van der Waals surface area contributed by atoms with E-state index in [2.05, 4.69) is 51.2 Å².